The van der Waals surface area contributed by atoms with Gasteiger partial charge in [-0.2, -0.15) is 0 Å². The number of hydrogen-bond acceptors (Lipinski definition) is 15. The number of unbranched alkanes of at least 4 members (excludes halogenated alkanes) is 25. The van der Waals surface area contributed by atoms with E-state index >= 15 is 0 Å². The van der Waals surface area contributed by atoms with Gasteiger partial charge in [0.25, 0.3) is 0 Å². The molecule has 19 heteroatoms. The maximum absolute atomic E-state index is 13.1. The summed E-state index contributed by atoms with van der Waals surface area (Å²) in [4.78, 5) is 72.9. The third kappa shape index (κ3) is 73.5. The Morgan fingerprint density at radius 1 is 0.284 bits per heavy atom. The number of carbonyl (C=O) groups excluding carboxylic acids is 4. The van der Waals surface area contributed by atoms with Crippen LogP contribution in [0.25, 0.3) is 0 Å². The Balaban J connectivity index is 5.46. The van der Waals surface area contributed by atoms with Crippen molar-refractivity contribution >= 4 is 39.5 Å². The van der Waals surface area contributed by atoms with Crippen LogP contribution in [-0.4, -0.2) is 96.7 Å². The normalized spacial score (nSPS) is 14.6. The molecule has 3 N–H and O–H groups in total. The van der Waals surface area contributed by atoms with E-state index in [4.69, 9.17) is 37.0 Å². The smallest absolute Gasteiger partial charge is 0.462 e. The van der Waals surface area contributed by atoms with Gasteiger partial charge in [-0.05, 0) is 154 Å². The molecule has 0 saturated carbocycles. The van der Waals surface area contributed by atoms with E-state index < -0.39 is 97.5 Å². The van der Waals surface area contributed by atoms with Crippen LogP contribution in [0.5, 0.6) is 0 Å². The van der Waals surface area contributed by atoms with Crippen molar-refractivity contribution in [3.63, 3.8) is 0 Å². The number of allylic oxidation sites excluding steroid dienone is 22. The zero-order valence-corrected chi connectivity index (χ0v) is 65.5. The Hall–Kier alpha value is -4.80. The molecule has 0 aromatic carbocycles. The highest BCUT2D eigenvalue weighted by Crippen LogP contribution is 2.45. The number of ether oxygens (including phenoxy) is 4. The molecule has 0 fully saturated rings. The van der Waals surface area contributed by atoms with Gasteiger partial charge in [-0.1, -0.05) is 264 Å². The number of phosphoric ester groups is 2. The molecule has 17 nitrogen and oxygen atoms in total. The van der Waals surface area contributed by atoms with Gasteiger partial charge < -0.3 is 33.8 Å². The van der Waals surface area contributed by atoms with Crippen LogP contribution in [0.15, 0.2) is 134 Å². The molecule has 2 unspecified atom stereocenters. The standard InChI is InChI=1S/C83H140O17P2/c1-5-9-13-17-21-25-29-33-36-37-38-39-42-46-50-54-58-62-66-70-83(88)100-79(74-94-81(86)68-64-60-56-52-48-45-41-35-31-27-23-19-15-11-7-3)76-98-102(91,92)96-72-77(84)71-95-101(89,90)97-75-78(99-82(87)69-65-61-57-53-49-43-32-28-24-20-16-12-8-4)73-93-80(85)67-63-59-55-51-47-44-40-34-30-26-22-18-14-10-6-2/h9,13,21-23,25-28,32-36,38-41,46,50,58,62,77-79,84H,5-8,10-12,14-20,24,29-31,37,42-45,47-49,51-57,59-61,63-76H2,1-4H3,(H,89,90)(H,91,92)/b13-9-,25-21-,26-22-,27-23-,32-28-,36-33-,39-38-,40-34-,41-35-,50-46-,62-58-/t77-,78+,79+/m0/s1. The molecule has 0 aliphatic carbocycles. The minimum atomic E-state index is -5.00. The summed E-state index contributed by atoms with van der Waals surface area (Å²) in [5.41, 5.74) is 0. The van der Waals surface area contributed by atoms with Gasteiger partial charge in [-0.15, -0.1) is 0 Å². The molecule has 0 aliphatic rings. The molecule has 0 aromatic rings. The molecule has 0 heterocycles. The van der Waals surface area contributed by atoms with E-state index in [1.807, 2.05) is 18.2 Å². The fraction of sp³-hybridized carbons (Fsp3) is 0.687. The van der Waals surface area contributed by atoms with Crippen LogP contribution in [0.2, 0.25) is 0 Å². The van der Waals surface area contributed by atoms with Gasteiger partial charge in [-0.25, -0.2) is 9.13 Å². The fourth-order valence-corrected chi connectivity index (χ4v) is 11.6. The first-order chi connectivity index (χ1) is 49.7. The number of hydrogen-bond donors (Lipinski definition) is 3. The molecule has 0 aromatic heterocycles. The molecule has 0 aliphatic heterocycles. The topological polar surface area (TPSA) is 237 Å². The molecule has 584 valence electrons. The van der Waals surface area contributed by atoms with Crippen molar-refractivity contribution in [3.8, 4) is 0 Å². The number of aliphatic hydroxyl groups excluding tert-OH is 1. The number of carbonyl (C=O) groups is 4. The second kappa shape index (κ2) is 74.5. The van der Waals surface area contributed by atoms with Crippen molar-refractivity contribution in [2.75, 3.05) is 39.6 Å². The lowest BCUT2D eigenvalue weighted by atomic mass is 10.1. The molecule has 0 spiro atoms. The summed E-state index contributed by atoms with van der Waals surface area (Å²) >= 11 is 0. The van der Waals surface area contributed by atoms with Gasteiger partial charge in [0.05, 0.1) is 26.4 Å². The van der Waals surface area contributed by atoms with E-state index in [0.717, 1.165) is 161 Å². The SMILES string of the molecule is CC/C=C\C/C=C\C/C=C\C/C=C\C/C=C\C/C=C\CCC(=O)O[C@H](COC(=O)CCCCCCC/C=C\C/C=C\CCCCC)COP(=O)(O)OC[C@@H](O)COP(=O)(O)OC[C@@H](COC(=O)CCCCCCC/C=C\C/C=C\CCCCC)OC(=O)CCCCCCC/C=C\CCCCCC. The second-order valence-electron chi connectivity index (χ2n) is 25.9. The first-order valence-corrected chi connectivity index (χ1v) is 42.4. The largest absolute Gasteiger partial charge is 0.472 e. The lowest BCUT2D eigenvalue weighted by Gasteiger charge is -2.21. The van der Waals surface area contributed by atoms with E-state index in [1.165, 1.54) is 64.2 Å². The highest BCUT2D eigenvalue weighted by Gasteiger charge is 2.30. The van der Waals surface area contributed by atoms with Crippen LogP contribution >= 0.6 is 15.6 Å². The average molecular weight is 1470 g/mol. The van der Waals surface area contributed by atoms with Crippen LogP contribution in [-0.2, 0) is 65.4 Å². The van der Waals surface area contributed by atoms with E-state index in [9.17, 15) is 43.2 Å². The van der Waals surface area contributed by atoms with Crippen LogP contribution in [0.4, 0.5) is 0 Å². The first kappa shape index (κ1) is 97.2. The van der Waals surface area contributed by atoms with E-state index in [2.05, 4.69) is 143 Å². The molecule has 0 amide bonds. The zero-order valence-electron chi connectivity index (χ0n) is 63.7. The predicted molar refractivity (Wildman–Crippen MR) is 418 cm³/mol. The fourth-order valence-electron chi connectivity index (χ4n) is 10.1. The third-order valence-corrected chi connectivity index (χ3v) is 18.0. The Kier molecular flexibility index (Phi) is 71.0. The van der Waals surface area contributed by atoms with Crippen molar-refractivity contribution in [2.45, 2.75) is 329 Å². The Morgan fingerprint density at radius 2 is 0.529 bits per heavy atom. The van der Waals surface area contributed by atoms with Crippen molar-refractivity contribution < 1.29 is 80.2 Å². The number of esters is 4. The summed E-state index contributed by atoms with van der Waals surface area (Å²) < 4.78 is 68.4. The van der Waals surface area contributed by atoms with Crippen LogP contribution < -0.4 is 0 Å². The highest BCUT2D eigenvalue weighted by molar-refractivity contribution is 7.47. The number of rotatable bonds is 73. The monoisotopic (exact) mass is 1470 g/mol. The molecule has 0 rings (SSSR count). The summed E-state index contributed by atoms with van der Waals surface area (Å²) in [5, 5.41) is 10.6. The molecule has 0 radical (unpaired) electrons. The molecule has 0 saturated heterocycles. The second-order valence-corrected chi connectivity index (χ2v) is 28.8. The van der Waals surface area contributed by atoms with E-state index in [0.29, 0.717) is 32.1 Å². The molecule has 5 atom stereocenters. The van der Waals surface area contributed by atoms with Crippen LogP contribution in [0.1, 0.15) is 310 Å². The van der Waals surface area contributed by atoms with E-state index in [1.54, 1.807) is 0 Å². The van der Waals surface area contributed by atoms with Crippen molar-refractivity contribution in [1.29, 1.82) is 0 Å². The van der Waals surface area contributed by atoms with Crippen LogP contribution in [0.3, 0.4) is 0 Å². The minimum Gasteiger partial charge on any atom is -0.462 e. The molecule has 102 heavy (non-hydrogen) atoms. The lowest BCUT2D eigenvalue weighted by molar-refractivity contribution is -0.161. The minimum absolute atomic E-state index is 0.0367. The van der Waals surface area contributed by atoms with Crippen molar-refractivity contribution in [1.82, 2.24) is 0 Å². The summed E-state index contributed by atoms with van der Waals surface area (Å²) in [7, 11) is -9.99. The predicted octanol–water partition coefficient (Wildman–Crippen LogP) is 22.9. The maximum atomic E-state index is 13.1. The zero-order chi connectivity index (χ0) is 74.6. The summed E-state index contributed by atoms with van der Waals surface area (Å²) in [6, 6.07) is 0. The average Bonchev–Trinajstić information content (AvgIpc) is 0.908. The van der Waals surface area contributed by atoms with Gasteiger partial charge in [0.2, 0.25) is 0 Å². The maximum Gasteiger partial charge on any atom is 0.472 e. The van der Waals surface area contributed by atoms with Gasteiger partial charge in [0, 0.05) is 25.7 Å². The number of phosphoric acid groups is 2. The van der Waals surface area contributed by atoms with Gasteiger partial charge >= 0.3 is 39.5 Å². The van der Waals surface area contributed by atoms with Crippen molar-refractivity contribution in [2.24, 2.45) is 0 Å². The third-order valence-electron chi connectivity index (χ3n) is 16.1. The van der Waals surface area contributed by atoms with Gasteiger partial charge in [0.1, 0.15) is 19.3 Å². The Morgan fingerprint density at radius 3 is 0.873 bits per heavy atom. The molecular formula is C83H140O17P2. The molecular weight excluding hydrogens is 1330 g/mol. The summed E-state index contributed by atoms with van der Waals surface area (Å²) in [6.07, 6.45) is 83.0. The van der Waals surface area contributed by atoms with Gasteiger partial charge in [0.15, 0.2) is 12.2 Å². The van der Waals surface area contributed by atoms with Crippen LogP contribution in [0, 0.1) is 0 Å². The van der Waals surface area contributed by atoms with E-state index in [-0.39, 0.29) is 25.7 Å². The number of aliphatic hydroxyl groups is 1. The Labute approximate surface area is 618 Å². The van der Waals surface area contributed by atoms with Gasteiger partial charge in [-0.3, -0.25) is 37.3 Å². The van der Waals surface area contributed by atoms with Crippen molar-refractivity contribution in [3.05, 3.63) is 134 Å². The highest BCUT2D eigenvalue weighted by atomic mass is 31.2. The lowest BCUT2D eigenvalue weighted by Crippen LogP contribution is -2.30. The first-order valence-electron chi connectivity index (χ1n) is 39.4. The quantitative estimate of drug-likeness (QED) is 0.0169. The Bertz CT molecular complexity index is 2460. The summed E-state index contributed by atoms with van der Waals surface area (Å²) in [5.74, 6) is -2.31. The summed E-state index contributed by atoms with van der Waals surface area (Å²) in [6.45, 7) is 4.57. The molecule has 0 bridgehead atoms.